The number of carbonyl (C=O) groups is 1. The van der Waals surface area contributed by atoms with Gasteiger partial charge in [0.1, 0.15) is 0 Å². The summed E-state index contributed by atoms with van der Waals surface area (Å²) < 4.78 is 0. The molecular weight excluding hydrogens is 150 g/mol. The van der Waals surface area contributed by atoms with Crippen LogP contribution in [0.4, 0.5) is 0 Å². The molecule has 2 fully saturated rings. The first-order valence-electron chi connectivity index (χ1n) is 4.97. The summed E-state index contributed by atoms with van der Waals surface area (Å²) in [4.78, 5) is 14.1. The van der Waals surface area contributed by atoms with Gasteiger partial charge in [-0.2, -0.15) is 0 Å². The Hall–Kier alpha value is -0.370. The second kappa shape index (κ2) is 2.56. The lowest BCUT2D eigenvalue weighted by molar-refractivity contribution is -0.127. The van der Waals surface area contributed by atoms with E-state index in [0.29, 0.717) is 18.2 Å². The molecule has 0 aliphatic carbocycles. The van der Waals surface area contributed by atoms with Crippen molar-refractivity contribution in [2.24, 2.45) is 0 Å². The minimum atomic E-state index is -0.0284. The summed E-state index contributed by atoms with van der Waals surface area (Å²) in [6.07, 6.45) is 5.41. The van der Waals surface area contributed by atoms with Crippen LogP contribution >= 0.6 is 0 Å². The molecule has 0 amide bonds. The highest BCUT2D eigenvalue weighted by Gasteiger charge is 2.53. The van der Waals surface area contributed by atoms with Gasteiger partial charge in [-0.3, -0.25) is 9.69 Å². The van der Waals surface area contributed by atoms with Crippen molar-refractivity contribution in [3.63, 3.8) is 0 Å². The summed E-state index contributed by atoms with van der Waals surface area (Å²) in [6.45, 7) is 1.98. The lowest BCUT2D eigenvalue weighted by atomic mass is 9.83. The summed E-state index contributed by atoms with van der Waals surface area (Å²) in [7, 11) is 2.12. The molecule has 2 heterocycles. The first-order valence-corrected chi connectivity index (χ1v) is 4.97. The third-order valence-corrected chi connectivity index (χ3v) is 3.85. The van der Waals surface area contributed by atoms with E-state index < -0.39 is 0 Å². The number of Topliss-reactive ketones (excluding diaryl/α,β-unsaturated/α-hetero) is 1. The Labute approximate surface area is 73.9 Å². The van der Waals surface area contributed by atoms with Crippen LogP contribution in [0.2, 0.25) is 0 Å². The molecule has 2 rings (SSSR count). The number of ketones is 1. The molecule has 0 aromatic carbocycles. The Balaban J connectivity index is 2.25. The van der Waals surface area contributed by atoms with Gasteiger partial charge < -0.3 is 0 Å². The zero-order valence-electron chi connectivity index (χ0n) is 7.97. The Morgan fingerprint density at radius 3 is 2.42 bits per heavy atom. The molecule has 0 saturated carbocycles. The molecule has 0 aromatic heterocycles. The van der Waals surface area contributed by atoms with E-state index in [1.807, 2.05) is 6.92 Å². The quantitative estimate of drug-likeness (QED) is 0.622. The molecule has 2 aliphatic heterocycles. The van der Waals surface area contributed by atoms with E-state index in [9.17, 15) is 4.79 Å². The molecule has 0 radical (unpaired) electrons. The van der Waals surface area contributed by atoms with Crippen molar-refractivity contribution in [2.45, 2.75) is 50.6 Å². The summed E-state index contributed by atoms with van der Waals surface area (Å²) in [5.74, 6) is 0.463. The monoisotopic (exact) mass is 167 g/mol. The van der Waals surface area contributed by atoms with E-state index in [2.05, 4.69) is 11.9 Å². The molecule has 12 heavy (non-hydrogen) atoms. The normalized spacial score (nSPS) is 40.7. The van der Waals surface area contributed by atoms with E-state index in [0.717, 1.165) is 12.8 Å². The van der Waals surface area contributed by atoms with Gasteiger partial charge in [0.15, 0.2) is 5.78 Å². The fourth-order valence-corrected chi connectivity index (χ4v) is 2.97. The van der Waals surface area contributed by atoms with Gasteiger partial charge >= 0.3 is 0 Å². The van der Waals surface area contributed by atoms with E-state index in [1.54, 1.807) is 0 Å². The number of carbonyl (C=O) groups excluding carboxylic acids is 1. The van der Waals surface area contributed by atoms with Gasteiger partial charge in [0.2, 0.25) is 0 Å². The number of hydrogen-bond donors (Lipinski definition) is 0. The maximum atomic E-state index is 11.8. The molecule has 0 N–H and O–H groups in total. The molecule has 2 saturated heterocycles. The van der Waals surface area contributed by atoms with E-state index in [-0.39, 0.29) is 5.54 Å². The highest BCUT2D eigenvalue weighted by molar-refractivity contribution is 5.89. The van der Waals surface area contributed by atoms with Crippen molar-refractivity contribution >= 4 is 5.78 Å². The van der Waals surface area contributed by atoms with Gasteiger partial charge in [0.25, 0.3) is 0 Å². The predicted octanol–water partition coefficient (Wildman–Crippen LogP) is 1.59. The number of fused-ring (bicyclic) bond motifs is 2. The smallest absolute Gasteiger partial charge is 0.152 e. The molecule has 2 bridgehead atoms. The van der Waals surface area contributed by atoms with Crippen molar-refractivity contribution in [3.05, 3.63) is 0 Å². The van der Waals surface area contributed by atoms with Crippen LogP contribution in [0.5, 0.6) is 0 Å². The van der Waals surface area contributed by atoms with Crippen LogP contribution in [0.15, 0.2) is 0 Å². The maximum Gasteiger partial charge on any atom is 0.152 e. The molecule has 2 nitrogen and oxygen atoms in total. The zero-order chi connectivity index (χ0) is 8.77. The lowest BCUT2D eigenvalue weighted by Crippen LogP contribution is -2.45. The molecule has 2 heteroatoms. The van der Waals surface area contributed by atoms with Crippen molar-refractivity contribution in [1.82, 2.24) is 4.90 Å². The Morgan fingerprint density at radius 1 is 1.50 bits per heavy atom. The standard InChI is InChI=1S/C10H17NO/c1-3-9(12)10-6-4-8(5-7-10)11(10)2/h8H,3-7H2,1-2H3. The van der Waals surface area contributed by atoms with Crippen LogP contribution in [0.3, 0.4) is 0 Å². The highest BCUT2D eigenvalue weighted by atomic mass is 16.1. The number of rotatable bonds is 2. The van der Waals surface area contributed by atoms with Crippen molar-refractivity contribution in [1.29, 1.82) is 0 Å². The molecule has 0 aromatic rings. The van der Waals surface area contributed by atoms with Crippen LogP contribution in [0.1, 0.15) is 39.0 Å². The second-order valence-corrected chi connectivity index (χ2v) is 4.15. The molecule has 2 aliphatic rings. The third kappa shape index (κ3) is 0.817. The minimum absolute atomic E-state index is 0.0284. The van der Waals surface area contributed by atoms with Gasteiger partial charge in [-0.25, -0.2) is 0 Å². The first kappa shape index (κ1) is 8.24. The molecule has 68 valence electrons. The van der Waals surface area contributed by atoms with E-state index in [4.69, 9.17) is 0 Å². The van der Waals surface area contributed by atoms with Gasteiger partial charge in [-0.1, -0.05) is 6.92 Å². The summed E-state index contributed by atoms with van der Waals surface area (Å²) in [6, 6.07) is 0.709. The van der Waals surface area contributed by atoms with E-state index in [1.165, 1.54) is 12.8 Å². The second-order valence-electron chi connectivity index (χ2n) is 4.15. The largest absolute Gasteiger partial charge is 0.298 e. The average Bonchev–Trinajstić information content (AvgIpc) is 2.60. The van der Waals surface area contributed by atoms with Crippen LogP contribution < -0.4 is 0 Å². The summed E-state index contributed by atoms with van der Waals surface area (Å²) in [5, 5.41) is 0. The summed E-state index contributed by atoms with van der Waals surface area (Å²) in [5.41, 5.74) is -0.0284. The Morgan fingerprint density at radius 2 is 2.08 bits per heavy atom. The molecule has 0 unspecified atom stereocenters. The molecule has 0 spiro atoms. The highest BCUT2D eigenvalue weighted by Crippen LogP contribution is 2.46. The number of likely N-dealkylation sites (N-methyl/N-ethyl adjacent to an activating group) is 1. The topological polar surface area (TPSA) is 20.3 Å². The first-order chi connectivity index (χ1) is 5.70. The van der Waals surface area contributed by atoms with Gasteiger partial charge in [-0.15, -0.1) is 0 Å². The van der Waals surface area contributed by atoms with Gasteiger partial charge in [0.05, 0.1) is 5.54 Å². The maximum absolute atomic E-state index is 11.8. The SMILES string of the molecule is CCC(=O)C12CCC(CC1)N2C. The lowest BCUT2D eigenvalue weighted by Gasteiger charge is -2.30. The fraction of sp³-hybridized carbons (Fsp3) is 0.900. The zero-order valence-corrected chi connectivity index (χ0v) is 7.97. The van der Waals surface area contributed by atoms with Gasteiger partial charge in [-0.05, 0) is 32.7 Å². The van der Waals surface area contributed by atoms with Crippen molar-refractivity contribution in [3.8, 4) is 0 Å². The third-order valence-electron chi connectivity index (χ3n) is 3.85. The average molecular weight is 167 g/mol. The minimum Gasteiger partial charge on any atom is -0.298 e. The van der Waals surface area contributed by atoms with Crippen LogP contribution in [-0.2, 0) is 4.79 Å². The fourth-order valence-electron chi connectivity index (χ4n) is 2.97. The Kier molecular flexibility index (Phi) is 1.76. The van der Waals surface area contributed by atoms with Crippen LogP contribution in [0.25, 0.3) is 0 Å². The van der Waals surface area contributed by atoms with Crippen LogP contribution in [-0.4, -0.2) is 29.3 Å². The van der Waals surface area contributed by atoms with Crippen LogP contribution in [0, 0.1) is 0 Å². The molecular formula is C10H17NO. The number of nitrogens with zero attached hydrogens (tertiary/aromatic N) is 1. The number of hydrogen-bond acceptors (Lipinski definition) is 2. The van der Waals surface area contributed by atoms with Crippen molar-refractivity contribution in [2.75, 3.05) is 7.05 Å². The van der Waals surface area contributed by atoms with E-state index >= 15 is 0 Å². The predicted molar refractivity (Wildman–Crippen MR) is 48.0 cm³/mol. The van der Waals surface area contributed by atoms with Crippen molar-refractivity contribution < 1.29 is 4.79 Å². The summed E-state index contributed by atoms with van der Waals surface area (Å²) >= 11 is 0. The van der Waals surface area contributed by atoms with Gasteiger partial charge in [0, 0.05) is 12.5 Å². The molecule has 0 atom stereocenters. The Bertz CT molecular complexity index is 204.